The number of thioether (sulfide) groups is 1. The largest absolute Gasteiger partial charge is 0.384 e. The highest BCUT2D eigenvalue weighted by atomic mass is 32.2. The van der Waals surface area contributed by atoms with E-state index in [2.05, 4.69) is 18.3 Å². The molecule has 102 valence electrons. The van der Waals surface area contributed by atoms with E-state index in [1.54, 1.807) is 11.8 Å². The molecule has 1 aliphatic rings. The fourth-order valence-electron chi connectivity index (χ4n) is 2.90. The van der Waals surface area contributed by atoms with Gasteiger partial charge in [-0.1, -0.05) is 32.3 Å². The van der Waals surface area contributed by atoms with E-state index < -0.39 is 0 Å². The predicted molar refractivity (Wildman–Crippen MR) is 82.5 cm³/mol. The van der Waals surface area contributed by atoms with Crippen molar-refractivity contribution in [3.8, 4) is 6.07 Å². The lowest BCUT2D eigenvalue weighted by molar-refractivity contribution is 0.268. The predicted octanol–water partition coefficient (Wildman–Crippen LogP) is 4.52. The highest BCUT2D eigenvalue weighted by Crippen LogP contribution is 2.31. The van der Waals surface area contributed by atoms with E-state index >= 15 is 0 Å². The number of nitrogens with one attached hydrogen (secondary N) is 1. The van der Waals surface area contributed by atoms with Gasteiger partial charge in [-0.05, 0) is 36.6 Å². The quantitative estimate of drug-likeness (QED) is 0.820. The average molecular weight is 274 g/mol. The third kappa shape index (κ3) is 3.45. The molecule has 0 radical (unpaired) electrons. The van der Waals surface area contributed by atoms with E-state index in [-0.39, 0.29) is 0 Å². The van der Waals surface area contributed by atoms with Gasteiger partial charge < -0.3 is 5.32 Å². The summed E-state index contributed by atoms with van der Waals surface area (Å²) in [5.74, 6) is 1.55. The van der Waals surface area contributed by atoms with Crippen molar-refractivity contribution in [2.45, 2.75) is 37.5 Å². The zero-order valence-corrected chi connectivity index (χ0v) is 12.6. The highest BCUT2D eigenvalue weighted by molar-refractivity contribution is 7.98. The van der Waals surface area contributed by atoms with Crippen LogP contribution >= 0.6 is 11.8 Å². The lowest BCUT2D eigenvalue weighted by Crippen LogP contribution is -2.24. The molecular formula is C16H22N2S. The molecule has 2 nitrogen and oxygen atoms in total. The summed E-state index contributed by atoms with van der Waals surface area (Å²) in [7, 11) is 0. The summed E-state index contributed by atoms with van der Waals surface area (Å²) >= 11 is 1.63. The van der Waals surface area contributed by atoms with Gasteiger partial charge >= 0.3 is 0 Å². The summed E-state index contributed by atoms with van der Waals surface area (Å²) in [5.41, 5.74) is 1.78. The Hall–Kier alpha value is -1.14. The second-order valence-corrected chi connectivity index (χ2v) is 6.25. The molecule has 0 bridgehead atoms. The summed E-state index contributed by atoms with van der Waals surface area (Å²) in [6.07, 6.45) is 7.42. The zero-order chi connectivity index (χ0) is 13.7. The Bertz CT molecular complexity index is 464. The number of anilines is 1. The summed E-state index contributed by atoms with van der Waals surface area (Å²) in [4.78, 5) is 1.06. The van der Waals surface area contributed by atoms with Crippen LogP contribution in [-0.4, -0.2) is 12.8 Å². The lowest BCUT2D eigenvalue weighted by atomic mass is 9.80. The van der Waals surface area contributed by atoms with Crippen molar-refractivity contribution in [1.82, 2.24) is 0 Å². The maximum atomic E-state index is 9.32. The summed E-state index contributed by atoms with van der Waals surface area (Å²) in [5, 5.41) is 12.8. The number of nitrogens with zero attached hydrogens (tertiary/aromatic N) is 1. The van der Waals surface area contributed by atoms with Gasteiger partial charge in [-0.2, -0.15) is 5.26 Å². The van der Waals surface area contributed by atoms with Crippen LogP contribution < -0.4 is 5.32 Å². The van der Waals surface area contributed by atoms with Crippen LogP contribution in [0.4, 0.5) is 5.69 Å². The van der Waals surface area contributed by atoms with Crippen LogP contribution in [0, 0.1) is 23.2 Å². The molecule has 0 spiro atoms. The molecule has 1 saturated carbocycles. The van der Waals surface area contributed by atoms with Crippen LogP contribution in [0.25, 0.3) is 0 Å². The molecular weight excluding hydrogens is 252 g/mol. The third-order valence-corrected chi connectivity index (χ3v) is 4.98. The Labute approximate surface area is 120 Å². The van der Waals surface area contributed by atoms with E-state index in [9.17, 15) is 5.26 Å². The van der Waals surface area contributed by atoms with Gasteiger partial charge in [-0.25, -0.2) is 0 Å². The van der Waals surface area contributed by atoms with Gasteiger partial charge in [-0.3, -0.25) is 0 Å². The van der Waals surface area contributed by atoms with Crippen molar-refractivity contribution in [2.75, 3.05) is 18.1 Å². The van der Waals surface area contributed by atoms with Crippen LogP contribution in [0.1, 0.15) is 38.2 Å². The van der Waals surface area contributed by atoms with Crippen LogP contribution in [0.3, 0.4) is 0 Å². The Morgan fingerprint density at radius 2 is 2.16 bits per heavy atom. The molecule has 19 heavy (non-hydrogen) atoms. The molecule has 2 unspecified atom stereocenters. The van der Waals surface area contributed by atoms with E-state index in [4.69, 9.17) is 0 Å². The number of hydrogen-bond donors (Lipinski definition) is 1. The van der Waals surface area contributed by atoms with Crippen LogP contribution in [-0.2, 0) is 0 Å². The molecule has 0 aromatic heterocycles. The maximum absolute atomic E-state index is 9.32. The molecule has 0 saturated heterocycles. The molecule has 0 heterocycles. The molecule has 0 amide bonds. The van der Waals surface area contributed by atoms with Crippen LogP contribution in [0.5, 0.6) is 0 Å². The topological polar surface area (TPSA) is 35.8 Å². The molecule has 1 aromatic rings. The third-order valence-electron chi connectivity index (χ3n) is 4.20. The van der Waals surface area contributed by atoms with E-state index in [1.807, 2.05) is 24.5 Å². The Morgan fingerprint density at radius 3 is 2.84 bits per heavy atom. The van der Waals surface area contributed by atoms with Gasteiger partial charge in [0.05, 0.1) is 11.3 Å². The fourth-order valence-corrected chi connectivity index (χ4v) is 3.48. The first-order chi connectivity index (χ1) is 9.26. The monoisotopic (exact) mass is 274 g/mol. The summed E-state index contributed by atoms with van der Waals surface area (Å²) < 4.78 is 0. The first-order valence-corrected chi connectivity index (χ1v) is 8.29. The van der Waals surface area contributed by atoms with Crippen LogP contribution in [0.2, 0.25) is 0 Å². The Balaban J connectivity index is 2.05. The van der Waals surface area contributed by atoms with Crippen molar-refractivity contribution in [1.29, 1.82) is 5.26 Å². The Kier molecular flexibility index (Phi) is 5.15. The van der Waals surface area contributed by atoms with Gasteiger partial charge in [0, 0.05) is 11.4 Å². The normalized spacial score (nSPS) is 22.8. The zero-order valence-electron chi connectivity index (χ0n) is 11.8. The minimum atomic E-state index is 0.748. The van der Waals surface area contributed by atoms with Crippen molar-refractivity contribution in [3.05, 3.63) is 23.8 Å². The minimum absolute atomic E-state index is 0.748. The van der Waals surface area contributed by atoms with Gasteiger partial charge in [0.25, 0.3) is 0 Å². The van der Waals surface area contributed by atoms with Gasteiger partial charge in [0.15, 0.2) is 0 Å². The summed E-state index contributed by atoms with van der Waals surface area (Å²) in [6.45, 7) is 3.35. The van der Waals surface area contributed by atoms with Crippen LogP contribution in [0.15, 0.2) is 23.1 Å². The van der Waals surface area contributed by atoms with E-state index in [0.717, 1.165) is 34.5 Å². The first kappa shape index (κ1) is 14.3. The summed E-state index contributed by atoms with van der Waals surface area (Å²) in [6, 6.07) is 8.39. The lowest BCUT2D eigenvalue weighted by Gasteiger charge is -2.29. The van der Waals surface area contributed by atoms with Crippen molar-refractivity contribution < 1.29 is 0 Å². The second kappa shape index (κ2) is 6.86. The molecule has 2 atom stereocenters. The second-order valence-electron chi connectivity index (χ2n) is 5.40. The van der Waals surface area contributed by atoms with Crippen molar-refractivity contribution in [2.24, 2.45) is 11.8 Å². The fraction of sp³-hybridized carbons (Fsp3) is 0.562. The molecule has 1 aromatic carbocycles. The number of hydrogen-bond acceptors (Lipinski definition) is 3. The molecule has 1 N–H and O–H groups in total. The smallest absolute Gasteiger partial charge is 0.102 e. The van der Waals surface area contributed by atoms with Gasteiger partial charge in [0.1, 0.15) is 6.07 Å². The maximum Gasteiger partial charge on any atom is 0.102 e. The van der Waals surface area contributed by atoms with Crippen molar-refractivity contribution >= 4 is 17.4 Å². The molecule has 3 heteroatoms. The molecule has 1 fully saturated rings. The van der Waals surface area contributed by atoms with Gasteiger partial charge in [-0.15, -0.1) is 11.8 Å². The molecule has 1 aliphatic carbocycles. The highest BCUT2D eigenvalue weighted by Gasteiger charge is 2.21. The van der Waals surface area contributed by atoms with Gasteiger partial charge in [0.2, 0.25) is 0 Å². The first-order valence-electron chi connectivity index (χ1n) is 7.07. The van der Waals surface area contributed by atoms with Crippen molar-refractivity contribution in [3.63, 3.8) is 0 Å². The molecule has 0 aliphatic heterocycles. The number of rotatable bonds is 4. The SMILES string of the molecule is CSc1cccc(NCC2CCCCC2C)c1C#N. The van der Waals surface area contributed by atoms with E-state index in [1.165, 1.54) is 25.7 Å². The Morgan fingerprint density at radius 1 is 1.37 bits per heavy atom. The van der Waals surface area contributed by atoms with E-state index in [0.29, 0.717) is 0 Å². The number of nitriles is 1. The average Bonchev–Trinajstić information content (AvgIpc) is 2.45. The number of benzene rings is 1. The standard InChI is InChI=1S/C16H22N2S/c1-12-6-3-4-7-13(12)11-18-15-8-5-9-16(19-2)14(15)10-17/h5,8-9,12-13,18H,3-4,6-7,11H2,1-2H3. The molecule has 2 rings (SSSR count). The minimum Gasteiger partial charge on any atom is -0.384 e.